The summed E-state index contributed by atoms with van der Waals surface area (Å²) in [4.78, 5) is 12.9. The average molecular weight is 355 g/mol. The molecular formula is C14H15BrN2O2S. The third-order valence-corrected chi connectivity index (χ3v) is 5.32. The highest BCUT2D eigenvalue weighted by Gasteiger charge is 2.31. The zero-order valence-electron chi connectivity index (χ0n) is 11.0. The van der Waals surface area contributed by atoms with Gasteiger partial charge in [-0.05, 0) is 25.0 Å². The van der Waals surface area contributed by atoms with Crippen molar-refractivity contribution < 1.29 is 9.53 Å². The second-order valence-electron chi connectivity index (χ2n) is 4.98. The van der Waals surface area contributed by atoms with Crippen LogP contribution >= 0.6 is 27.3 Å². The van der Waals surface area contributed by atoms with Crippen molar-refractivity contribution >= 4 is 48.9 Å². The summed E-state index contributed by atoms with van der Waals surface area (Å²) >= 11 is 4.86. The van der Waals surface area contributed by atoms with E-state index >= 15 is 0 Å². The SMILES string of the molecule is COC1CC(NC(=O)c2sc3cc(Br)ccc3c2N)C1. The van der Waals surface area contributed by atoms with Crippen molar-refractivity contribution in [2.45, 2.75) is 25.0 Å². The van der Waals surface area contributed by atoms with E-state index in [2.05, 4.69) is 21.2 Å². The van der Waals surface area contributed by atoms with Gasteiger partial charge in [-0.1, -0.05) is 22.0 Å². The number of carbonyl (C=O) groups excluding carboxylic acids is 1. The molecule has 1 aliphatic rings. The number of ether oxygens (including phenoxy) is 1. The van der Waals surface area contributed by atoms with Crippen molar-refractivity contribution in [3.8, 4) is 0 Å². The standard InChI is InChI=1S/C14H15BrN2O2S/c1-19-9-5-8(6-9)17-14(18)13-12(16)10-3-2-7(15)4-11(10)20-13/h2-4,8-9H,5-6,16H2,1H3,(H,17,18). The van der Waals surface area contributed by atoms with Gasteiger partial charge in [-0.3, -0.25) is 4.79 Å². The fraction of sp³-hybridized carbons (Fsp3) is 0.357. The van der Waals surface area contributed by atoms with Gasteiger partial charge in [0.25, 0.3) is 5.91 Å². The highest BCUT2D eigenvalue weighted by Crippen LogP contribution is 2.35. The molecular weight excluding hydrogens is 340 g/mol. The Kier molecular flexibility index (Phi) is 3.70. The number of rotatable bonds is 3. The minimum Gasteiger partial charge on any atom is -0.397 e. The van der Waals surface area contributed by atoms with Gasteiger partial charge in [-0.2, -0.15) is 0 Å². The number of hydrogen-bond donors (Lipinski definition) is 2. The molecule has 1 aromatic carbocycles. The predicted octanol–water partition coefficient (Wildman–Crippen LogP) is 3.15. The Morgan fingerprint density at radius 2 is 2.25 bits per heavy atom. The Labute approximate surface area is 129 Å². The quantitative estimate of drug-likeness (QED) is 0.889. The van der Waals surface area contributed by atoms with Gasteiger partial charge in [-0.25, -0.2) is 0 Å². The molecule has 0 atom stereocenters. The van der Waals surface area contributed by atoms with Gasteiger partial charge in [0.05, 0.1) is 11.8 Å². The zero-order valence-corrected chi connectivity index (χ0v) is 13.4. The third-order valence-electron chi connectivity index (χ3n) is 3.66. The fourth-order valence-corrected chi connectivity index (χ4v) is 3.96. The van der Waals surface area contributed by atoms with Crippen LogP contribution in [0.3, 0.4) is 0 Å². The van der Waals surface area contributed by atoms with E-state index in [-0.39, 0.29) is 18.1 Å². The fourth-order valence-electron chi connectivity index (χ4n) is 2.39. The molecule has 1 fully saturated rings. The number of nitrogens with one attached hydrogen (secondary N) is 1. The monoisotopic (exact) mass is 354 g/mol. The van der Waals surface area contributed by atoms with Crippen LogP contribution in [0.15, 0.2) is 22.7 Å². The molecule has 3 rings (SSSR count). The highest BCUT2D eigenvalue weighted by atomic mass is 79.9. The lowest BCUT2D eigenvalue weighted by Crippen LogP contribution is -2.47. The van der Waals surface area contributed by atoms with Crippen LogP contribution in [0.4, 0.5) is 5.69 Å². The molecule has 0 radical (unpaired) electrons. The summed E-state index contributed by atoms with van der Waals surface area (Å²) in [7, 11) is 1.70. The van der Waals surface area contributed by atoms with E-state index < -0.39 is 0 Å². The van der Waals surface area contributed by atoms with Gasteiger partial charge in [0.15, 0.2) is 0 Å². The Hall–Kier alpha value is -1.11. The van der Waals surface area contributed by atoms with Crippen LogP contribution in [0.25, 0.3) is 10.1 Å². The maximum absolute atomic E-state index is 12.3. The lowest BCUT2D eigenvalue weighted by atomic mass is 9.89. The number of nitrogens with two attached hydrogens (primary N) is 1. The molecule has 0 spiro atoms. The molecule has 1 heterocycles. The van der Waals surface area contributed by atoms with Gasteiger partial charge in [0, 0.05) is 27.7 Å². The molecule has 106 valence electrons. The summed E-state index contributed by atoms with van der Waals surface area (Å²) in [5.74, 6) is -0.0839. The van der Waals surface area contributed by atoms with Gasteiger partial charge in [0.2, 0.25) is 0 Å². The maximum Gasteiger partial charge on any atom is 0.263 e. The van der Waals surface area contributed by atoms with Crippen molar-refractivity contribution in [2.75, 3.05) is 12.8 Å². The van der Waals surface area contributed by atoms with Gasteiger partial charge >= 0.3 is 0 Å². The Morgan fingerprint density at radius 3 is 2.95 bits per heavy atom. The summed E-state index contributed by atoms with van der Waals surface area (Å²) in [6.07, 6.45) is 2.02. The lowest BCUT2D eigenvalue weighted by Gasteiger charge is -2.34. The summed E-state index contributed by atoms with van der Waals surface area (Å²) in [5.41, 5.74) is 6.66. The van der Waals surface area contributed by atoms with Crippen molar-refractivity contribution in [3.05, 3.63) is 27.5 Å². The van der Waals surface area contributed by atoms with E-state index in [0.29, 0.717) is 10.6 Å². The van der Waals surface area contributed by atoms with Crippen LogP contribution in [0.2, 0.25) is 0 Å². The molecule has 0 saturated heterocycles. The molecule has 1 aromatic heterocycles. The number of halogens is 1. The van der Waals surface area contributed by atoms with Crippen LogP contribution in [0.5, 0.6) is 0 Å². The predicted molar refractivity (Wildman–Crippen MR) is 85.2 cm³/mol. The summed E-state index contributed by atoms with van der Waals surface area (Å²) in [6.45, 7) is 0. The number of benzene rings is 1. The number of methoxy groups -OCH3 is 1. The van der Waals surface area contributed by atoms with E-state index in [1.165, 1.54) is 11.3 Å². The number of thiophene rings is 1. The number of hydrogen-bond acceptors (Lipinski definition) is 4. The topological polar surface area (TPSA) is 64.3 Å². The first-order valence-electron chi connectivity index (χ1n) is 6.39. The van der Waals surface area contributed by atoms with Crippen molar-refractivity contribution in [1.29, 1.82) is 0 Å². The van der Waals surface area contributed by atoms with E-state index in [1.54, 1.807) is 7.11 Å². The zero-order chi connectivity index (χ0) is 14.3. The molecule has 6 heteroatoms. The Bertz CT molecular complexity index is 664. The molecule has 4 nitrogen and oxygen atoms in total. The summed E-state index contributed by atoms with van der Waals surface area (Å²) < 4.78 is 7.22. The molecule has 3 N–H and O–H groups in total. The minimum atomic E-state index is -0.0839. The van der Waals surface area contributed by atoms with Crippen LogP contribution in [0.1, 0.15) is 22.5 Å². The van der Waals surface area contributed by atoms with Gasteiger partial charge in [0.1, 0.15) is 4.88 Å². The van der Waals surface area contributed by atoms with E-state index in [4.69, 9.17) is 10.5 Å². The number of carbonyl (C=O) groups is 1. The molecule has 1 aliphatic carbocycles. The molecule has 2 aromatic rings. The van der Waals surface area contributed by atoms with Crippen molar-refractivity contribution in [3.63, 3.8) is 0 Å². The van der Waals surface area contributed by atoms with E-state index in [0.717, 1.165) is 27.4 Å². The van der Waals surface area contributed by atoms with Gasteiger partial charge < -0.3 is 15.8 Å². The minimum absolute atomic E-state index is 0.0839. The number of amides is 1. The molecule has 1 amide bonds. The van der Waals surface area contributed by atoms with E-state index in [9.17, 15) is 4.79 Å². The first kappa shape index (κ1) is 13.9. The molecule has 20 heavy (non-hydrogen) atoms. The molecule has 0 aliphatic heterocycles. The first-order chi connectivity index (χ1) is 9.58. The lowest BCUT2D eigenvalue weighted by molar-refractivity contribution is 0.0177. The van der Waals surface area contributed by atoms with E-state index in [1.807, 2.05) is 18.2 Å². The third kappa shape index (κ3) is 2.43. The highest BCUT2D eigenvalue weighted by molar-refractivity contribution is 9.10. The first-order valence-corrected chi connectivity index (χ1v) is 8.00. The van der Waals surface area contributed by atoms with Crippen LogP contribution in [0, 0.1) is 0 Å². The molecule has 1 saturated carbocycles. The molecule has 0 bridgehead atoms. The Balaban J connectivity index is 1.79. The molecule has 0 unspecified atom stereocenters. The summed E-state index contributed by atoms with van der Waals surface area (Å²) in [6, 6.07) is 6.05. The number of anilines is 1. The number of fused-ring (bicyclic) bond motifs is 1. The van der Waals surface area contributed by atoms with Crippen molar-refractivity contribution in [1.82, 2.24) is 5.32 Å². The van der Waals surface area contributed by atoms with Gasteiger partial charge in [-0.15, -0.1) is 11.3 Å². The van der Waals surface area contributed by atoms with Crippen LogP contribution in [-0.4, -0.2) is 25.2 Å². The second kappa shape index (κ2) is 5.35. The largest absolute Gasteiger partial charge is 0.397 e. The van der Waals surface area contributed by atoms with Crippen molar-refractivity contribution in [2.24, 2.45) is 0 Å². The summed E-state index contributed by atoms with van der Waals surface area (Å²) in [5, 5.41) is 3.95. The normalized spacial score (nSPS) is 21.7. The average Bonchev–Trinajstić information content (AvgIpc) is 2.70. The van der Waals surface area contributed by atoms with Crippen LogP contribution < -0.4 is 11.1 Å². The maximum atomic E-state index is 12.3. The number of nitrogen functional groups attached to an aromatic ring is 1. The smallest absolute Gasteiger partial charge is 0.263 e. The Morgan fingerprint density at radius 1 is 1.50 bits per heavy atom. The van der Waals surface area contributed by atoms with Crippen LogP contribution in [-0.2, 0) is 4.74 Å². The second-order valence-corrected chi connectivity index (χ2v) is 6.95.